The molecule has 0 saturated carbocycles. The summed E-state index contributed by atoms with van der Waals surface area (Å²) in [6.07, 6.45) is 4.13. The Kier molecular flexibility index (Phi) is 2.66. The van der Waals surface area contributed by atoms with Crippen molar-refractivity contribution in [1.29, 1.82) is 0 Å². The number of hydrogen-bond acceptors (Lipinski definition) is 2. The number of nitrogens with zero attached hydrogens (tertiary/aromatic N) is 2. The summed E-state index contributed by atoms with van der Waals surface area (Å²) in [5, 5.41) is 1.18. The molecule has 0 aliphatic rings. The first-order valence-corrected chi connectivity index (χ1v) is 4.67. The van der Waals surface area contributed by atoms with Gasteiger partial charge < -0.3 is 0 Å². The van der Waals surface area contributed by atoms with E-state index < -0.39 is 0 Å². The maximum atomic E-state index is 6.01. The third-order valence-corrected chi connectivity index (χ3v) is 2.29. The van der Waals surface area contributed by atoms with E-state index in [1.165, 1.54) is 0 Å². The summed E-state index contributed by atoms with van der Waals surface area (Å²) in [6, 6.07) is 7.04. The van der Waals surface area contributed by atoms with Crippen LogP contribution in [0.15, 0.2) is 30.5 Å². The van der Waals surface area contributed by atoms with Crippen LogP contribution in [0.2, 0.25) is 10.0 Å². The molecular formula is C10H5Cl2N2. The highest BCUT2D eigenvalue weighted by Crippen LogP contribution is 2.28. The summed E-state index contributed by atoms with van der Waals surface area (Å²) in [6.45, 7) is 0. The number of hydrogen-bond donors (Lipinski definition) is 0. The molecule has 1 radical (unpaired) electrons. The van der Waals surface area contributed by atoms with Gasteiger partial charge in [-0.25, -0.2) is 9.97 Å². The lowest BCUT2D eigenvalue weighted by atomic mass is 10.1. The van der Waals surface area contributed by atoms with E-state index in [1.54, 1.807) is 24.4 Å². The number of benzene rings is 1. The normalized spacial score (nSPS) is 10.1. The van der Waals surface area contributed by atoms with Crippen LogP contribution in [0.1, 0.15) is 0 Å². The molecule has 0 fully saturated rings. The van der Waals surface area contributed by atoms with Gasteiger partial charge in [-0.1, -0.05) is 23.2 Å². The van der Waals surface area contributed by atoms with E-state index in [-0.39, 0.29) is 0 Å². The van der Waals surface area contributed by atoms with Crippen molar-refractivity contribution in [2.24, 2.45) is 0 Å². The van der Waals surface area contributed by atoms with Crippen LogP contribution < -0.4 is 0 Å². The van der Waals surface area contributed by atoms with Crippen LogP contribution in [0, 0.1) is 6.33 Å². The molecule has 2 nitrogen and oxygen atoms in total. The van der Waals surface area contributed by atoms with E-state index >= 15 is 0 Å². The molecular weight excluding hydrogens is 219 g/mol. The Balaban J connectivity index is 2.53. The Bertz CT molecular complexity index is 443. The predicted molar refractivity (Wildman–Crippen MR) is 56.3 cm³/mol. The van der Waals surface area contributed by atoms with Gasteiger partial charge in [-0.2, -0.15) is 0 Å². The Morgan fingerprint density at radius 3 is 2.64 bits per heavy atom. The summed E-state index contributed by atoms with van der Waals surface area (Å²) in [7, 11) is 0. The molecule has 69 valence electrons. The zero-order valence-electron chi connectivity index (χ0n) is 7.04. The largest absolute Gasteiger partial charge is 0.234 e. The molecule has 0 amide bonds. The molecule has 0 spiro atoms. The van der Waals surface area contributed by atoms with Gasteiger partial charge in [0, 0.05) is 16.8 Å². The van der Waals surface area contributed by atoms with E-state index in [9.17, 15) is 0 Å². The lowest BCUT2D eigenvalue weighted by Crippen LogP contribution is -1.85. The van der Waals surface area contributed by atoms with Gasteiger partial charge in [-0.3, -0.25) is 0 Å². The van der Waals surface area contributed by atoms with Gasteiger partial charge >= 0.3 is 0 Å². The summed E-state index contributed by atoms with van der Waals surface area (Å²) in [5.74, 6) is 0. The maximum Gasteiger partial charge on any atom is 0.198 e. The average molecular weight is 224 g/mol. The molecule has 14 heavy (non-hydrogen) atoms. The fourth-order valence-corrected chi connectivity index (χ4v) is 1.61. The van der Waals surface area contributed by atoms with Crippen molar-refractivity contribution in [3.05, 3.63) is 46.8 Å². The minimum atomic E-state index is 0.574. The number of halogens is 2. The summed E-state index contributed by atoms with van der Waals surface area (Å²) >= 11 is 11.8. The van der Waals surface area contributed by atoms with E-state index in [2.05, 4.69) is 16.3 Å². The molecule has 0 bridgehead atoms. The quantitative estimate of drug-likeness (QED) is 0.742. The van der Waals surface area contributed by atoms with Gasteiger partial charge in [0.15, 0.2) is 6.33 Å². The topological polar surface area (TPSA) is 25.8 Å². The SMILES string of the molecule is Clc1ccc(-c2ccn[c]n2)c(Cl)c1. The van der Waals surface area contributed by atoms with Crippen LogP contribution in [0.25, 0.3) is 11.3 Å². The third kappa shape index (κ3) is 1.86. The van der Waals surface area contributed by atoms with Crippen LogP contribution >= 0.6 is 23.2 Å². The van der Waals surface area contributed by atoms with Crippen molar-refractivity contribution in [1.82, 2.24) is 9.97 Å². The molecule has 0 saturated heterocycles. The molecule has 1 aromatic heterocycles. The summed E-state index contributed by atoms with van der Waals surface area (Å²) in [4.78, 5) is 7.69. The minimum Gasteiger partial charge on any atom is -0.234 e. The molecule has 1 heterocycles. The highest BCUT2D eigenvalue weighted by Gasteiger charge is 2.04. The zero-order chi connectivity index (χ0) is 9.97. The first-order chi connectivity index (χ1) is 6.77. The van der Waals surface area contributed by atoms with Crippen molar-refractivity contribution in [3.8, 4) is 11.3 Å². The highest BCUT2D eigenvalue weighted by molar-refractivity contribution is 6.36. The fourth-order valence-electron chi connectivity index (χ4n) is 1.11. The van der Waals surface area contributed by atoms with Crippen LogP contribution in [0.3, 0.4) is 0 Å². The summed E-state index contributed by atoms with van der Waals surface area (Å²) < 4.78 is 0. The Hall–Kier alpha value is -1.12. The van der Waals surface area contributed by atoms with Crippen molar-refractivity contribution in [3.63, 3.8) is 0 Å². The zero-order valence-corrected chi connectivity index (χ0v) is 8.55. The van der Waals surface area contributed by atoms with Crippen molar-refractivity contribution in [2.45, 2.75) is 0 Å². The van der Waals surface area contributed by atoms with Gasteiger partial charge in [0.1, 0.15) is 0 Å². The monoisotopic (exact) mass is 223 g/mol. The lowest BCUT2D eigenvalue weighted by molar-refractivity contribution is 1.15. The van der Waals surface area contributed by atoms with Crippen molar-refractivity contribution < 1.29 is 0 Å². The Morgan fingerprint density at radius 2 is 2.00 bits per heavy atom. The van der Waals surface area contributed by atoms with Gasteiger partial charge in [0.05, 0.1) is 10.7 Å². The third-order valence-electron chi connectivity index (χ3n) is 1.74. The Labute approximate surface area is 91.5 Å². The van der Waals surface area contributed by atoms with E-state index in [0.717, 1.165) is 11.3 Å². The second-order valence-electron chi connectivity index (χ2n) is 2.67. The number of rotatable bonds is 1. The molecule has 2 rings (SSSR count). The van der Waals surface area contributed by atoms with Crippen LogP contribution in [-0.2, 0) is 0 Å². The second kappa shape index (κ2) is 3.95. The second-order valence-corrected chi connectivity index (χ2v) is 3.51. The standard InChI is InChI=1S/C10H5Cl2N2/c11-7-1-2-8(9(12)5-7)10-3-4-13-6-14-10/h1-5H. The molecule has 0 aliphatic heterocycles. The smallest absolute Gasteiger partial charge is 0.198 e. The molecule has 0 atom stereocenters. The van der Waals surface area contributed by atoms with E-state index in [1.807, 2.05) is 6.07 Å². The first-order valence-electron chi connectivity index (χ1n) is 3.92. The summed E-state index contributed by atoms with van der Waals surface area (Å²) in [5.41, 5.74) is 1.57. The fraction of sp³-hybridized carbons (Fsp3) is 0. The van der Waals surface area contributed by atoms with E-state index in [0.29, 0.717) is 10.0 Å². The minimum absolute atomic E-state index is 0.574. The van der Waals surface area contributed by atoms with Crippen LogP contribution in [-0.4, -0.2) is 9.97 Å². The highest BCUT2D eigenvalue weighted by atomic mass is 35.5. The van der Waals surface area contributed by atoms with Crippen LogP contribution in [0.5, 0.6) is 0 Å². The molecule has 1 aromatic carbocycles. The predicted octanol–water partition coefficient (Wildman–Crippen LogP) is 3.25. The molecule has 0 aliphatic carbocycles. The van der Waals surface area contributed by atoms with Gasteiger partial charge in [0.2, 0.25) is 0 Å². The van der Waals surface area contributed by atoms with Gasteiger partial charge in [0.25, 0.3) is 0 Å². The molecule has 0 unspecified atom stereocenters. The van der Waals surface area contributed by atoms with Crippen LogP contribution in [0.4, 0.5) is 0 Å². The van der Waals surface area contributed by atoms with E-state index in [4.69, 9.17) is 23.2 Å². The van der Waals surface area contributed by atoms with Crippen molar-refractivity contribution in [2.75, 3.05) is 0 Å². The first kappa shape index (κ1) is 9.44. The number of aromatic nitrogens is 2. The molecule has 2 aromatic rings. The average Bonchev–Trinajstić information content (AvgIpc) is 2.19. The lowest BCUT2D eigenvalue weighted by Gasteiger charge is -2.02. The van der Waals surface area contributed by atoms with Crippen molar-refractivity contribution >= 4 is 23.2 Å². The maximum absolute atomic E-state index is 6.01. The van der Waals surface area contributed by atoms with Gasteiger partial charge in [-0.05, 0) is 24.3 Å². The Morgan fingerprint density at radius 1 is 1.14 bits per heavy atom. The molecule has 0 N–H and O–H groups in total. The molecule has 4 heteroatoms. The van der Waals surface area contributed by atoms with Gasteiger partial charge in [-0.15, -0.1) is 0 Å².